The molecule has 4 aromatic rings. The van der Waals surface area contributed by atoms with Gasteiger partial charge in [0, 0.05) is 36.8 Å². The molecule has 3 aromatic heterocycles. The highest BCUT2D eigenvalue weighted by Crippen LogP contribution is 2.38. The second-order valence-electron chi connectivity index (χ2n) is 8.92. The summed E-state index contributed by atoms with van der Waals surface area (Å²) in [6, 6.07) is 11.8. The van der Waals surface area contributed by atoms with Gasteiger partial charge in [-0.2, -0.15) is 8.78 Å². The molecule has 11 heteroatoms. The maximum absolute atomic E-state index is 12.6. The van der Waals surface area contributed by atoms with Crippen LogP contribution in [0.4, 0.5) is 8.78 Å². The summed E-state index contributed by atoms with van der Waals surface area (Å²) in [6.45, 7) is 5.39. The third-order valence-electron chi connectivity index (χ3n) is 6.15. The highest BCUT2D eigenvalue weighted by atomic mass is 19.3. The number of alkyl halides is 2. The summed E-state index contributed by atoms with van der Waals surface area (Å²) in [4.78, 5) is 6.79. The van der Waals surface area contributed by atoms with Gasteiger partial charge in [-0.05, 0) is 17.7 Å². The molecule has 5 heterocycles. The van der Waals surface area contributed by atoms with E-state index in [1.807, 2.05) is 6.20 Å². The van der Waals surface area contributed by atoms with Crippen molar-refractivity contribution in [2.75, 3.05) is 26.3 Å². The van der Waals surface area contributed by atoms with E-state index in [-0.39, 0.29) is 5.89 Å². The molecule has 1 spiro atoms. The first kappa shape index (κ1) is 21.0. The van der Waals surface area contributed by atoms with Crippen LogP contribution in [0.2, 0.25) is 0 Å². The molecule has 174 valence electrons. The van der Waals surface area contributed by atoms with Crippen LogP contribution >= 0.6 is 0 Å². The fraction of sp³-hybridized carbons (Fsp3) is 0.348. The quantitative estimate of drug-likeness (QED) is 0.411. The summed E-state index contributed by atoms with van der Waals surface area (Å²) in [6.07, 6.45) is 0.571. The Bertz CT molecular complexity index is 1280. The number of halogens is 2. The van der Waals surface area contributed by atoms with Crippen molar-refractivity contribution in [3.63, 3.8) is 0 Å². The van der Waals surface area contributed by atoms with Crippen molar-refractivity contribution in [3.8, 4) is 22.7 Å². The molecule has 2 aliphatic heterocycles. The summed E-state index contributed by atoms with van der Waals surface area (Å²) >= 11 is 0. The largest absolute Gasteiger partial charge is 0.415 e. The predicted octanol–water partition coefficient (Wildman–Crippen LogP) is 3.21. The van der Waals surface area contributed by atoms with Crippen LogP contribution in [0.25, 0.3) is 22.7 Å². The van der Waals surface area contributed by atoms with E-state index in [2.05, 4.69) is 54.7 Å². The zero-order valence-corrected chi connectivity index (χ0v) is 18.1. The van der Waals surface area contributed by atoms with Gasteiger partial charge in [-0.3, -0.25) is 9.88 Å². The molecule has 0 bridgehead atoms. The molecule has 2 aliphatic rings. The molecular formula is C23H21F2N7O2. The standard InChI is InChI=1S/C23H21F2N7O2/c24-20(25)22-29-28-21(34-22)17-5-6-18(26-7-17)9-32-10-19(27-30-32)16-3-1-15(2-4-16)8-31-11-23(12-31)13-33-14-23/h1-7,10,20H,8-9,11-14H2. The lowest BCUT2D eigenvalue weighted by molar-refractivity contribution is -0.191. The lowest BCUT2D eigenvalue weighted by atomic mass is 9.78. The van der Waals surface area contributed by atoms with E-state index >= 15 is 0 Å². The van der Waals surface area contributed by atoms with E-state index in [1.165, 1.54) is 11.8 Å². The summed E-state index contributed by atoms with van der Waals surface area (Å²) in [5, 5.41) is 15.4. The Morgan fingerprint density at radius 1 is 0.941 bits per heavy atom. The molecule has 2 saturated heterocycles. The van der Waals surface area contributed by atoms with E-state index in [0.717, 1.165) is 49.8 Å². The molecule has 9 nitrogen and oxygen atoms in total. The van der Waals surface area contributed by atoms with E-state index in [1.54, 1.807) is 16.8 Å². The lowest BCUT2D eigenvalue weighted by Gasteiger charge is -2.55. The van der Waals surface area contributed by atoms with Gasteiger partial charge in [-0.1, -0.05) is 29.5 Å². The summed E-state index contributed by atoms with van der Waals surface area (Å²) < 4.78 is 37.2. The summed E-state index contributed by atoms with van der Waals surface area (Å²) in [5.74, 6) is -0.702. The number of nitrogens with zero attached hydrogens (tertiary/aromatic N) is 7. The van der Waals surface area contributed by atoms with Gasteiger partial charge in [0.05, 0.1) is 37.2 Å². The van der Waals surface area contributed by atoms with Crippen molar-refractivity contribution in [2.45, 2.75) is 19.5 Å². The van der Waals surface area contributed by atoms with Crippen LogP contribution in [0.15, 0.2) is 53.2 Å². The average Bonchev–Trinajstić information content (AvgIpc) is 3.46. The SMILES string of the molecule is FC(F)c1nnc(-c2ccc(Cn3cc(-c4ccc(CN5CC6(COC6)C5)cc4)nn3)nc2)o1. The molecule has 1 aromatic carbocycles. The molecule has 0 aliphatic carbocycles. The van der Waals surface area contributed by atoms with Gasteiger partial charge < -0.3 is 9.15 Å². The zero-order valence-electron chi connectivity index (χ0n) is 18.1. The number of hydrogen-bond acceptors (Lipinski definition) is 8. The van der Waals surface area contributed by atoms with Gasteiger partial charge in [-0.15, -0.1) is 15.3 Å². The van der Waals surface area contributed by atoms with Crippen molar-refractivity contribution in [1.82, 2.24) is 35.1 Å². The normalized spacial score (nSPS) is 17.1. The van der Waals surface area contributed by atoms with Crippen molar-refractivity contribution in [3.05, 3.63) is 65.9 Å². The van der Waals surface area contributed by atoms with Gasteiger partial charge >= 0.3 is 6.43 Å². The first-order valence-electron chi connectivity index (χ1n) is 10.9. The van der Waals surface area contributed by atoms with Crippen LogP contribution in [0.5, 0.6) is 0 Å². The van der Waals surface area contributed by atoms with Gasteiger partial charge in [0.2, 0.25) is 5.89 Å². The third kappa shape index (κ3) is 4.08. The molecule has 0 radical (unpaired) electrons. The molecule has 0 saturated carbocycles. The van der Waals surface area contributed by atoms with Crippen LogP contribution in [0, 0.1) is 5.41 Å². The number of ether oxygens (including phenoxy) is 1. The second kappa shape index (κ2) is 8.33. The Kier molecular flexibility index (Phi) is 5.15. The van der Waals surface area contributed by atoms with Crippen molar-refractivity contribution in [1.29, 1.82) is 0 Å². The Morgan fingerprint density at radius 3 is 2.38 bits per heavy atom. The zero-order chi connectivity index (χ0) is 23.1. The highest BCUT2D eigenvalue weighted by molar-refractivity contribution is 5.58. The molecule has 0 amide bonds. The molecule has 0 atom stereocenters. The fourth-order valence-corrected chi connectivity index (χ4v) is 4.38. The van der Waals surface area contributed by atoms with Crippen molar-refractivity contribution >= 4 is 0 Å². The number of rotatable bonds is 7. The van der Waals surface area contributed by atoms with Crippen LogP contribution in [-0.4, -0.2) is 61.4 Å². The average molecular weight is 465 g/mol. The molecule has 0 unspecified atom stereocenters. The van der Waals surface area contributed by atoms with Crippen LogP contribution < -0.4 is 0 Å². The molecule has 6 rings (SSSR count). The van der Waals surface area contributed by atoms with Crippen LogP contribution in [-0.2, 0) is 17.8 Å². The number of aromatic nitrogens is 6. The smallest absolute Gasteiger partial charge is 0.314 e. The van der Waals surface area contributed by atoms with E-state index in [0.29, 0.717) is 17.5 Å². The van der Waals surface area contributed by atoms with Gasteiger partial charge in [0.25, 0.3) is 5.89 Å². The number of benzene rings is 1. The van der Waals surface area contributed by atoms with E-state index in [4.69, 9.17) is 9.15 Å². The van der Waals surface area contributed by atoms with Gasteiger partial charge in [-0.25, -0.2) is 4.68 Å². The topological polar surface area (TPSA) is 95.0 Å². The van der Waals surface area contributed by atoms with E-state index in [9.17, 15) is 8.78 Å². The van der Waals surface area contributed by atoms with Gasteiger partial charge in [0.15, 0.2) is 0 Å². The number of likely N-dealkylation sites (tertiary alicyclic amines) is 1. The number of hydrogen-bond donors (Lipinski definition) is 0. The minimum absolute atomic E-state index is 0.00603. The lowest BCUT2D eigenvalue weighted by Crippen LogP contribution is -2.65. The monoisotopic (exact) mass is 465 g/mol. The predicted molar refractivity (Wildman–Crippen MR) is 116 cm³/mol. The van der Waals surface area contributed by atoms with Crippen LogP contribution in [0.3, 0.4) is 0 Å². The third-order valence-corrected chi connectivity index (χ3v) is 6.15. The number of pyridine rings is 1. The molecule has 2 fully saturated rings. The maximum atomic E-state index is 12.6. The summed E-state index contributed by atoms with van der Waals surface area (Å²) in [5.41, 5.74) is 4.68. The Labute approximate surface area is 193 Å². The Balaban J connectivity index is 1.07. The Morgan fingerprint density at radius 2 is 1.74 bits per heavy atom. The Hall–Kier alpha value is -3.57. The minimum Gasteiger partial charge on any atom is -0.415 e. The first-order valence-corrected chi connectivity index (χ1v) is 10.9. The minimum atomic E-state index is -2.80. The second-order valence-corrected chi connectivity index (χ2v) is 8.92. The van der Waals surface area contributed by atoms with E-state index < -0.39 is 12.3 Å². The highest BCUT2D eigenvalue weighted by Gasteiger charge is 2.48. The van der Waals surface area contributed by atoms with Gasteiger partial charge in [0.1, 0.15) is 5.69 Å². The van der Waals surface area contributed by atoms with Crippen LogP contribution in [0.1, 0.15) is 23.6 Å². The molecule has 34 heavy (non-hydrogen) atoms. The summed E-state index contributed by atoms with van der Waals surface area (Å²) in [7, 11) is 0. The van der Waals surface area contributed by atoms with Crippen molar-refractivity contribution in [2.24, 2.45) is 5.41 Å². The fourth-order valence-electron chi connectivity index (χ4n) is 4.38. The molecule has 0 N–H and O–H groups in total. The van der Waals surface area contributed by atoms with Crippen molar-refractivity contribution < 1.29 is 17.9 Å². The molecular weight excluding hydrogens is 444 g/mol. The first-order chi connectivity index (χ1) is 16.6. The maximum Gasteiger partial charge on any atom is 0.314 e.